The second kappa shape index (κ2) is 6.17. The van der Waals surface area contributed by atoms with Gasteiger partial charge in [-0.2, -0.15) is 0 Å². The van der Waals surface area contributed by atoms with Crippen molar-refractivity contribution in [2.24, 2.45) is 0 Å². The van der Waals surface area contributed by atoms with Crippen LogP contribution in [-0.4, -0.2) is 35.9 Å². The molecule has 0 amide bonds. The number of carbonyl (C=O) groups excluding carboxylic acids is 1. The summed E-state index contributed by atoms with van der Waals surface area (Å²) < 4.78 is 20.2. The van der Waals surface area contributed by atoms with Crippen molar-refractivity contribution >= 4 is 17.4 Å². The van der Waals surface area contributed by atoms with E-state index in [9.17, 15) is 9.18 Å². The Labute approximate surface area is 136 Å². The van der Waals surface area contributed by atoms with E-state index in [0.717, 1.165) is 13.1 Å². The average Bonchev–Trinajstić information content (AvgIpc) is 2.33. The first-order valence-corrected chi connectivity index (χ1v) is 7.95. The third-order valence-corrected chi connectivity index (χ3v) is 4.39. The van der Waals surface area contributed by atoms with Gasteiger partial charge < -0.3 is 4.74 Å². The standard InChI is InChI=1S/C17H23ClFNO2/c1-6-22-16-12(10(2)21)7-13(18)15(19)14(16)11-8-20(9-11)17(3,4)5/h7,11H,6,8-9H2,1-5H3. The summed E-state index contributed by atoms with van der Waals surface area (Å²) in [5.74, 6) is -0.277. The number of likely N-dealkylation sites (tertiary alicyclic amines) is 1. The number of carbonyl (C=O) groups is 1. The molecular formula is C17H23ClFNO2. The minimum absolute atomic E-state index is 0.00225. The van der Waals surface area contributed by atoms with E-state index in [1.54, 1.807) is 0 Å². The van der Waals surface area contributed by atoms with Crippen LogP contribution >= 0.6 is 11.6 Å². The molecule has 1 aromatic rings. The Bertz CT molecular complexity index is 589. The van der Waals surface area contributed by atoms with Crippen LogP contribution in [0.25, 0.3) is 0 Å². The van der Waals surface area contributed by atoms with E-state index in [1.165, 1.54) is 13.0 Å². The van der Waals surface area contributed by atoms with Crippen LogP contribution in [0.4, 0.5) is 4.39 Å². The molecule has 0 saturated carbocycles. The molecule has 0 N–H and O–H groups in total. The third kappa shape index (κ3) is 3.13. The summed E-state index contributed by atoms with van der Waals surface area (Å²) in [4.78, 5) is 14.1. The fraction of sp³-hybridized carbons (Fsp3) is 0.588. The summed E-state index contributed by atoms with van der Waals surface area (Å²) in [6, 6.07) is 1.37. The van der Waals surface area contributed by atoms with E-state index in [-0.39, 0.29) is 22.3 Å². The number of ether oxygens (including phenoxy) is 1. The molecule has 0 radical (unpaired) electrons. The zero-order chi connectivity index (χ0) is 16.7. The van der Waals surface area contributed by atoms with Crippen LogP contribution in [0.2, 0.25) is 5.02 Å². The maximum Gasteiger partial charge on any atom is 0.163 e. The van der Waals surface area contributed by atoms with Crippen molar-refractivity contribution in [2.75, 3.05) is 19.7 Å². The highest BCUT2D eigenvalue weighted by Crippen LogP contribution is 2.42. The van der Waals surface area contributed by atoms with E-state index in [4.69, 9.17) is 16.3 Å². The molecule has 0 spiro atoms. The van der Waals surface area contributed by atoms with E-state index in [2.05, 4.69) is 25.7 Å². The van der Waals surface area contributed by atoms with Gasteiger partial charge in [-0.1, -0.05) is 11.6 Å². The third-order valence-electron chi connectivity index (χ3n) is 4.11. The number of nitrogens with zero attached hydrogens (tertiary/aromatic N) is 1. The van der Waals surface area contributed by atoms with Crippen molar-refractivity contribution in [3.05, 3.63) is 28.0 Å². The lowest BCUT2D eigenvalue weighted by atomic mass is 9.85. The topological polar surface area (TPSA) is 29.5 Å². The molecule has 1 aliphatic heterocycles. The molecule has 0 aliphatic carbocycles. The summed E-state index contributed by atoms with van der Waals surface area (Å²) in [5, 5.41) is -0.0159. The average molecular weight is 328 g/mol. The fourth-order valence-corrected chi connectivity index (χ4v) is 2.97. The first kappa shape index (κ1) is 17.2. The van der Waals surface area contributed by atoms with Crippen molar-refractivity contribution in [3.63, 3.8) is 0 Å². The van der Waals surface area contributed by atoms with Gasteiger partial charge in [0.25, 0.3) is 0 Å². The van der Waals surface area contributed by atoms with Gasteiger partial charge in [0.2, 0.25) is 0 Å². The molecule has 3 nitrogen and oxygen atoms in total. The van der Waals surface area contributed by atoms with E-state index in [1.807, 2.05) is 6.92 Å². The molecular weight excluding hydrogens is 305 g/mol. The van der Waals surface area contributed by atoms with Crippen LogP contribution in [0.15, 0.2) is 6.07 Å². The summed E-state index contributed by atoms with van der Waals surface area (Å²) in [6.07, 6.45) is 0. The Morgan fingerprint density at radius 1 is 1.45 bits per heavy atom. The SMILES string of the molecule is CCOc1c(C(C)=O)cc(Cl)c(F)c1C1CN(C(C)(C)C)C1. The van der Waals surface area contributed by atoms with E-state index in [0.29, 0.717) is 23.5 Å². The summed E-state index contributed by atoms with van der Waals surface area (Å²) in [5.41, 5.74) is 0.846. The van der Waals surface area contributed by atoms with Gasteiger partial charge in [-0.05, 0) is 40.7 Å². The van der Waals surface area contributed by atoms with Gasteiger partial charge in [0.1, 0.15) is 11.6 Å². The quantitative estimate of drug-likeness (QED) is 0.773. The highest BCUT2D eigenvalue weighted by molar-refractivity contribution is 6.31. The van der Waals surface area contributed by atoms with Gasteiger partial charge in [-0.15, -0.1) is 0 Å². The van der Waals surface area contributed by atoms with Gasteiger partial charge in [-0.3, -0.25) is 9.69 Å². The highest BCUT2D eigenvalue weighted by atomic mass is 35.5. The zero-order valence-electron chi connectivity index (χ0n) is 13.8. The maximum atomic E-state index is 14.6. The van der Waals surface area contributed by atoms with Crippen molar-refractivity contribution in [3.8, 4) is 5.75 Å². The van der Waals surface area contributed by atoms with Crippen LogP contribution in [0.1, 0.15) is 56.5 Å². The number of ketones is 1. The van der Waals surface area contributed by atoms with E-state index >= 15 is 0 Å². The van der Waals surface area contributed by atoms with Crippen LogP contribution < -0.4 is 4.74 Å². The molecule has 1 saturated heterocycles. The fourth-order valence-electron chi connectivity index (χ4n) is 2.76. The van der Waals surface area contributed by atoms with Crippen molar-refractivity contribution in [2.45, 2.75) is 46.1 Å². The molecule has 22 heavy (non-hydrogen) atoms. The minimum atomic E-state index is -0.464. The van der Waals surface area contributed by atoms with Crippen molar-refractivity contribution < 1.29 is 13.9 Å². The molecule has 1 heterocycles. The van der Waals surface area contributed by atoms with Crippen LogP contribution in [0.3, 0.4) is 0 Å². The summed E-state index contributed by atoms with van der Waals surface area (Å²) in [7, 11) is 0. The molecule has 0 bridgehead atoms. The molecule has 5 heteroatoms. The number of Topliss-reactive ketones (excluding diaryl/α,β-unsaturated/α-hetero) is 1. The maximum absolute atomic E-state index is 14.6. The molecule has 2 rings (SSSR count). The largest absolute Gasteiger partial charge is 0.493 e. The Morgan fingerprint density at radius 3 is 2.50 bits per heavy atom. The molecule has 1 aromatic carbocycles. The molecule has 0 unspecified atom stereocenters. The molecule has 122 valence electrons. The smallest absolute Gasteiger partial charge is 0.163 e. The van der Waals surface area contributed by atoms with Gasteiger partial charge >= 0.3 is 0 Å². The van der Waals surface area contributed by atoms with Gasteiger partial charge in [0.15, 0.2) is 5.78 Å². The number of hydrogen-bond acceptors (Lipinski definition) is 3. The van der Waals surface area contributed by atoms with Gasteiger partial charge in [0.05, 0.1) is 17.2 Å². The Balaban J connectivity index is 2.44. The zero-order valence-corrected chi connectivity index (χ0v) is 14.6. The summed E-state index contributed by atoms with van der Waals surface area (Å²) >= 11 is 5.99. The predicted molar refractivity (Wildman–Crippen MR) is 86.7 cm³/mol. The monoisotopic (exact) mass is 327 g/mol. The van der Waals surface area contributed by atoms with Crippen LogP contribution in [0, 0.1) is 5.82 Å². The lowest BCUT2D eigenvalue weighted by Gasteiger charge is -2.48. The van der Waals surface area contributed by atoms with Crippen molar-refractivity contribution in [1.82, 2.24) is 4.90 Å². The van der Waals surface area contributed by atoms with Crippen molar-refractivity contribution in [1.29, 1.82) is 0 Å². The summed E-state index contributed by atoms with van der Waals surface area (Å²) in [6.45, 7) is 11.5. The molecule has 1 aliphatic rings. The number of hydrogen-bond donors (Lipinski definition) is 0. The van der Waals surface area contributed by atoms with Crippen LogP contribution in [-0.2, 0) is 0 Å². The molecule has 0 atom stereocenters. The predicted octanol–water partition coefficient (Wildman–Crippen LogP) is 4.28. The highest BCUT2D eigenvalue weighted by Gasteiger charge is 2.39. The second-order valence-electron chi connectivity index (χ2n) is 6.72. The Kier molecular flexibility index (Phi) is 4.83. The first-order chi connectivity index (χ1) is 10.2. The Morgan fingerprint density at radius 2 is 2.05 bits per heavy atom. The molecule has 0 aromatic heterocycles. The van der Waals surface area contributed by atoms with E-state index < -0.39 is 5.82 Å². The normalized spacial score (nSPS) is 16.5. The lowest BCUT2D eigenvalue weighted by Crippen LogP contribution is -2.54. The first-order valence-electron chi connectivity index (χ1n) is 7.57. The number of rotatable bonds is 4. The minimum Gasteiger partial charge on any atom is -0.493 e. The van der Waals surface area contributed by atoms with Gasteiger partial charge in [0, 0.05) is 30.1 Å². The lowest BCUT2D eigenvalue weighted by molar-refractivity contribution is 0.0446. The molecule has 1 fully saturated rings. The Hall–Kier alpha value is -1.13. The number of halogens is 2. The van der Waals surface area contributed by atoms with Gasteiger partial charge in [-0.25, -0.2) is 4.39 Å². The number of benzene rings is 1. The second-order valence-corrected chi connectivity index (χ2v) is 7.13. The van der Waals surface area contributed by atoms with Crippen LogP contribution in [0.5, 0.6) is 5.75 Å².